The molecule has 0 atom stereocenters. The number of rotatable bonds is 6. The highest BCUT2D eigenvalue weighted by atomic mass is 15.1. The Bertz CT molecular complexity index is 3020. The van der Waals surface area contributed by atoms with Crippen LogP contribution < -0.4 is 4.90 Å². The third kappa shape index (κ3) is 5.32. The van der Waals surface area contributed by atoms with Crippen molar-refractivity contribution in [2.45, 2.75) is 31.1 Å². The maximum Gasteiger partial charge on any atom is 0.0726 e. The minimum Gasteiger partial charge on any atom is -0.310 e. The Kier molecular flexibility index (Phi) is 8.10. The van der Waals surface area contributed by atoms with Gasteiger partial charge >= 0.3 is 0 Å². The topological polar surface area (TPSA) is 3.24 Å². The number of fused-ring (bicyclic) bond motifs is 11. The first kappa shape index (κ1) is 34.8. The van der Waals surface area contributed by atoms with Crippen LogP contribution in [0.2, 0.25) is 0 Å². The van der Waals surface area contributed by atoms with Crippen molar-refractivity contribution in [1.82, 2.24) is 0 Å². The van der Waals surface area contributed by atoms with Crippen LogP contribution in [0.15, 0.2) is 212 Å². The number of hydrogen-bond acceptors (Lipinski definition) is 1. The highest BCUT2D eigenvalue weighted by molar-refractivity contribution is 6.00. The zero-order chi connectivity index (χ0) is 39.6. The predicted octanol–water partition coefficient (Wildman–Crippen LogP) is 15.4. The Labute approximate surface area is 352 Å². The maximum absolute atomic E-state index is 2.56. The van der Waals surface area contributed by atoms with E-state index in [9.17, 15) is 0 Å². The molecule has 0 unspecified atom stereocenters. The Balaban J connectivity index is 1.09. The van der Waals surface area contributed by atoms with Crippen molar-refractivity contribution in [3.8, 4) is 55.6 Å². The summed E-state index contributed by atoms with van der Waals surface area (Å²) in [5, 5.41) is 0. The number of nitrogens with zero attached hydrogens (tertiary/aromatic N) is 1. The first-order chi connectivity index (χ1) is 29.8. The fourth-order valence-corrected chi connectivity index (χ4v) is 10.7. The van der Waals surface area contributed by atoms with E-state index in [-0.39, 0.29) is 0 Å². The predicted molar refractivity (Wildman–Crippen MR) is 250 cm³/mol. The molecule has 3 aliphatic carbocycles. The quantitative estimate of drug-likeness (QED) is 0.163. The van der Waals surface area contributed by atoms with Crippen LogP contribution in [-0.4, -0.2) is 0 Å². The van der Waals surface area contributed by atoms with Gasteiger partial charge in [0.05, 0.1) is 11.1 Å². The molecule has 0 amide bonds. The molecule has 0 heterocycles. The van der Waals surface area contributed by atoms with Gasteiger partial charge in [-0.3, -0.25) is 0 Å². The summed E-state index contributed by atoms with van der Waals surface area (Å²) in [6, 6.07) is 79.5. The fourth-order valence-electron chi connectivity index (χ4n) is 10.7. The first-order valence-corrected chi connectivity index (χ1v) is 21.5. The molecule has 0 aromatic heterocycles. The third-order valence-corrected chi connectivity index (χ3v) is 13.5. The molecule has 1 nitrogen and oxygen atoms in total. The van der Waals surface area contributed by atoms with E-state index in [0.29, 0.717) is 0 Å². The second-order valence-corrected chi connectivity index (χ2v) is 16.7. The number of para-hydroxylation sites is 1. The number of anilines is 3. The summed E-state index contributed by atoms with van der Waals surface area (Å²) in [4.78, 5) is 2.50. The zero-order valence-corrected chi connectivity index (χ0v) is 33.5. The van der Waals surface area contributed by atoms with Gasteiger partial charge < -0.3 is 4.90 Å². The highest BCUT2D eigenvalue weighted by Crippen LogP contribution is 2.64. The van der Waals surface area contributed by atoms with Gasteiger partial charge in [0.1, 0.15) is 0 Å². The normalized spacial score (nSPS) is 13.9. The molecule has 0 saturated heterocycles. The second kappa shape index (κ2) is 14.0. The van der Waals surface area contributed by atoms with Crippen LogP contribution in [0.4, 0.5) is 17.1 Å². The third-order valence-electron chi connectivity index (χ3n) is 13.5. The SMILES string of the molecule is c1ccc(-c2ccc(-c3ccc(N(c4ccccc4)c4cc5c(cc4-c4ccc6c(c4)CCCC6)-c4ccccc4C54c5ccccc5-c5ccccc54)cc3)cc2)cc1. The maximum atomic E-state index is 2.56. The molecule has 0 saturated carbocycles. The van der Waals surface area contributed by atoms with Crippen LogP contribution >= 0.6 is 0 Å². The minimum atomic E-state index is -0.444. The molecule has 0 bridgehead atoms. The van der Waals surface area contributed by atoms with Gasteiger partial charge in [0, 0.05) is 16.9 Å². The van der Waals surface area contributed by atoms with E-state index in [4.69, 9.17) is 0 Å². The van der Waals surface area contributed by atoms with Crippen LogP contribution in [0.3, 0.4) is 0 Å². The molecule has 3 aliphatic rings. The van der Waals surface area contributed by atoms with Gasteiger partial charge in [0.25, 0.3) is 0 Å². The average molecular weight is 766 g/mol. The Morgan fingerprint density at radius 1 is 0.300 bits per heavy atom. The lowest BCUT2D eigenvalue weighted by atomic mass is 9.70. The molecule has 12 rings (SSSR count). The fraction of sp³-hybridized carbons (Fsp3) is 0.0847. The number of aryl methyl sites for hydroxylation is 2. The lowest BCUT2D eigenvalue weighted by Gasteiger charge is -2.33. The smallest absolute Gasteiger partial charge is 0.0726 e. The van der Waals surface area contributed by atoms with Crippen LogP contribution in [0, 0.1) is 0 Å². The van der Waals surface area contributed by atoms with Gasteiger partial charge in [-0.05, 0) is 146 Å². The lowest BCUT2D eigenvalue weighted by molar-refractivity contribution is 0.686. The summed E-state index contributed by atoms with van der Waals surface area (Å²) in [6.45, 7) is 0. The standard InChI is InChI=1S/C59H43N/c1-3-15-40(16-4-1)42-27-29-43(30-28-42)44-33-35-48(36-34-44)60(47-19-5-2-6-20-47)58-39-57-53(38-52(58)46-32-31-41-17-7-8-18-45(41)37-46)51-23-11-14-26-56(51)59(57)54-24-12-9-21-49(54)50-22-10-13-25-55(50)59/h1-6,9-16,19-39H,7-8,17-18H2. The Morgan fingerprint density at radius 3 is 1.35 bits per heavy atom. The molecular formula is C59H43N. The van der Waals surface area contributed by atoms with Crippen molar-refractivity contribution in [3.63, 3.8) is 0 Å². The van der Waals surface area contributed by atoms with E-state index in [1.807, 2.05) is 0 Å². The first-order valence-electron chi connectivity index (χ1n) is 21.5. The molecule has 60 heavy (non-hydrogen) atoms. The van der Waals surface area contributed by atoms with Crippen LogP contribution in [0.25, 0.3) is 55.6 Å². The van der Waals surface area contributed by atoms with Gasteiger partial charge in [-0.15, -0.1) is 0 Å². The van der Waals surface area contributed by atoms with E-state index < -0.39 is 5.41 Å². The molecule has 0 radical (unpaired) electrons. The Hall–Kier alpha value is -7.22. The zero-order valence-electron chi connectivity index (χ0n) is 33.5. The Morgan fingerprint density at radius 2 is 0.750 bits per heavy atom. The van der Waals surface area contributed by atoms with Crippen molar-refractivity contribution < 1.29 is 0 Å². The highest BCUT2D eigenvalue weighted by Gasteiger charge is 2.52. The van der Waals surface area contributed by atoms with Gasteiger partial charge in [0.2, 0.25) is 0 Å². The van der Waals surface area contributed by atoms with Crippen LogP contribution in [0.1, 0.15) is 46.2 Å². The van der Waals surface area contributed by atoms with E-state index in [0.717, 1.165) is 17.8 Å². The number of hydrogen-bond donors (Lipinski definition) is 0. The summed E-state index contributed by atoms with van der Waals surface area (Å²) in [5.74, 6) is 0. The minimum absolute atomic E-state index is 0.444. The van der Waals surface area contributed by atoms with E-state index in [2.05, 4.69) is 217 Å². The van der Waals surface area contributed by atoms with E-state index in [1.165, 1.54) is 114 Å². The van der Waals surface area contributed by atoms with Crippen molar-refractivity contribution in [1.29, 1.82) is 0 Å². The summed E-state index contributed by atoms with van der Waals surface area (Å²) in [7, 11) is 0. The van der Waals surface area contributed by atoms with Crippen molar-refractivity contribution in [3.05, 3.63) is 246 Å². The molecule has 9 aromatic rings. The molecule has 0 N–H and O–H groups in total. The second-order valence-electron chi connectivity index (χ2n) is 16.7. The summed E-state index contributed by atoms with van der Waals surface area (Å²) >= 11 is 0. The molecule has 1 heteroatoms. The van der Waals surface area contributed by atoms with Gasteiger partial charge in [-0.1, -0.05) is 176 Å². The van der Waals surface area contributed by atoms with Crippen molar-refractivity contribution in [2.24, 2.45) is 0 Å². The number of benzene rings is 9. The van der Waals surface area contributed by atoms with E-state index in [1.54, 1.807) is 0 Å². The monoisotopic (exact) mass is 765 g/mol. The lowest BCUT2D eigenvalue weighted by Crippen LogP contribution is -2.26. The van der Waals surface area contributed by atoms with Gasteiger partial charge in [-0.25, -0.2) is 0 Å². The molecule has 0 aliphatic heterocycles. The largest absolute Gasteiger partial charge is 0.310 e. The molecule has 284 valence electrons. The van der Waals surface area contributed by atoms with Gasteiger partial charge in [-0.2, -0.15) is 0 Å². The van der Waals surface area contributed by atoms with Crippen molar-refractivity contribution in [2.75, 3.05) is 4.90 Å². The molecular weight excluding hydrogens is 723 g/mol. The van der Waals surface area contributed by atoms with E-state index >= 15 is 0 Å². The van der Waals surface area contributed by atoms with Crippen LogP contribution in [-0.2, 0) is 18.3 Å². The summed E-state index contributed by atoms with van der Waals surface area (Å²) in [6.07, 6.45) is 4.82. The summed E-state index contributed by atoms with van der Waals surface area (Å²) < 4.78 is 0. The summed E-state index contributed by atoms with van der Waals surface area (Å²) in [5.41, 5.74) is 24.1. The van der Waals surface area contributed by atoms with Crippen LogP contribution in [0.5, 0.6) is 0 Å². The van der Waals surface area contributed by atoms with Gasteiger partial charge in [0.15, 0.2) is 0 Å². The average Bonchev–Trinajstić information content (AvgIpc) is 3.79. The molecule has 1 spiro atoms. The molecule has 0 fully saturated rings. The molecule has 9 aromatic carbocycles. The van der Waals surface area contributed by atoms with Crippen molar-refractivity contribution >= 4 is 17.1 Å².